The predicted octanol–water partition coefficient (Wildman–Crippen LogP) is 1.26. The first-order valence-corrected chi connectivity index (χ1v) is 5.22. The van der Waals surface area contributed by atoms with Crippen LogP contribution in [0.25, 0.3) is 0 Å². The van der Waals surface area contributed by atoms with Crippen molar-refractivity contribution in [3.8, 4) is 0 Å². The molecule has 1 aliphatic carbocycles. The molecule has 0 saturated heterocycles. The smallest absolute Gasteiger partial charge is 0.259 e. The topological polar surface area (TPSA) is 40.5 Å². The lowest BCUT2D eigenvalue weighted by atomic mass is 9.84. The van der Waals surface area contributed by atoms with Gasteiger partial charge in [-0.25, -0.2) is 8.78 Å². The van der Waals surface area contributed by atoms with Crippen LogP contribution in [0.1, 0.15) is 25.7 Å². The number of rotatable bonds is 3. The standard InChI is InChI=1S/C10H17F2NO2/c1-13(6-7-14)9(15)8-4-2-3-5-10(8,11)12/h8,14H,2-7H2,1H3. The summed E-state index contributed by atoms with van der Waals surface area (Å²) in [6.45, 7) is -0.0774. The van der Waals surface area contributed by atoms with E-state index in [0.717, 1.165) is 0 Å². The van der Waals surface area contributed by atoms with Gasteiger partial charge in [0.1, 0.15) is 5.92 Å². The first-order valence-electron chi connectivity index (χ1n) is 5.22. The number of alkyl halides is 2. The lowest BCUT2D eigenvalue weighted by Crippen LogP contribution is -2.45. The third-order valence-electron chi connectivity index (χ3n) is 2.87. The van der Waals surface area contributed by atoms with E-state index < -0.39 is 17.7 Å². The van der Waals surface area contributed by atoms with E-state index in [9.17, 15) is 13.6 Å². The molecule has 0 spiro atoms. The molecule has 1 amide bonds. The van der Waals surface area contributed by atoms with Crippen LogP contribution >= 0.6 is 0 Å². The van der Waals surface area contributed by atoms with Crippen LogP contribution in [0.5, 0.6) is 0 Å². The highest BCUT2D eigenvalue weighted by atomic mass is 19.3. The van der Waals surface area contributed by atoms with Crippen molar-refractivity contribution >= 4 is 5.91 Å². The average molecular weight is 221 g/mol. The van der Waals surface area contributed by atoms with E-state index in [1.54, 1.807) is 0 Å². The second-order valence-corrected chi connectivity index (χ2v) is 4.04. The van der Waals surface area contributed by atoms with Crippen molar-refractivity contribution in [1.29, 1.82) is 0 Å². The SMILES string of the molecule is CN(CCO)C(=O)C1CCCCC1(F)F. The van der Waals surface area contributed by atoms with Crippen molar-refractivity contribution < 1.29 is 18.7 Å². The number of halogens is 2. The molecule has 3 nitrogen and oxygen atoms in total. The first-order chi connectivity index (χ1) is 6.99. The number of carbonyl (C=O) groups excluding carboxylic acids is 1. The Hall–Kier alpha value is -0.710. The second kappa shape index (κ2) is 4.88. The number of hydrogen-bond donors (Lipinski definition) is 1. The maximum absolute atomic E-state index is 13.4. The summed E-state index contributed by atoms with van der Waals surface area (Å²) < 4.78 is 26.8. The first kappa shape index (κ1) is 12.4. The fourth-order valence-electron chi connectivity index (χ4n) is 1.92. The highest BCUT2D eigenvalue weighted by molar-refractivity contribution is 5.79. The Bertz CT molecular complexity index is 233. The highest BCUT2D eigenvalue weighted by Gasteiger charge is 2.46. The van der Waals surface area contributed by atoms with Gasteiger partial charge in [-0.1, -0.05) is 6.42 Å². The maximum Gasteiger partial charge on any atom is 0.259 e. The minimum atomic E-state index is -2.88. The molecule has 0 aromatic rings. The molecule has 0 radical (unpaired) electrons. The van der Waals surface area contributed by atoms with Crippen LogP contribution in [0.2, 0.25) is 0 Å². The van der Waals surface area contributed by atoms with Crippen molar-refractivity contribution in [2.45, 2.75) is 31.6 Å². The van der Waals surface area contributed by atoms with Gasteiger partial charge < -0.3 is 10.0 Å². The van der Waals surface area contributed by atoms with Gasteiger partial charge in [0, 0.05) is 20.0 Å². The number of hydrogen-bond acceptors (Lipinski definition) is 2. The summed E-state index contributed by atoms with van der Waals surface area (Å²) in [5.41, 5.74) is 0. The number of aliphatic hydroxyl groups is 1. The summed E-state index contributed by atoms with van der Waals surface area (Å²) in [7, 11) is 1.45. The summed E-state index contributed by atoms with van der Waals surface area (Å²) in [4.78, 5) is 12.8. The molecule has 0 aliphatic heterocycles. The van der Waals surface area contributed by atoms with E-state index >= 15 is 0 Å². The molecule has 88 valence electrons. The van der Waals surface area contributed by atoms with Gasteiger partial charge in [-0.3, -0.25) is 4.79 Å². The summed E-state index contributed by atoms with van der Waals surface area (Å²) in [5.74, 6) is -4.62. The molecule has 1 unspecified atom stereocenters. The number of amides is 1. The van der Waals surface area contributed by atoms with Crippen LogP contribution in [0, 0.1) is 5.92 Å². The number of likely N-dealkylation sites (N-methyl/N-ethyl adjacent to an activating group) is 1. The summed E-state index contributed by atoms with van der Waals surface area (Å²) in [5, 5.41) is 8.63. The van der Waals surface area contributed by atoms with E-state index in [1.165, 1.54) is 11.9 Å². The van der Waals surface area contributed by atoms with E-state index in [2.05, 4.69) is 0 Å². The van der Waals surface area contributed by atoms with Crippen LogP contribution in [-0.4, -0.2) is 42.0 Å². The molecule has 1 aliphatic rings. The third kappa shape index (κ3) is 2.87. The van der Waals surface area contributed by atoms with Crippen molar-refractivity contribution in [3.05, 3.63) is 0 Å². The zero-order valence-electron chi connectivity index (χ0n) is 8.88. The molecule has 0 heterocycles. The molecular formula is C10H17F2NO2. The fraction of sp³-hybridized carbons (Fsp3) is 0.900. The van der Waals surface area contributed by atoms with Gasteiger partial charge in [-0.05, 0) is 12.8 Å². The molecule has 1 rings (SSSR count). The largest absolute Gasteiger partial charge is 0.395 e. The number of aliphatic hydroxyl groups excluding tert-OH is 1. The predicted molar refractivity (Wildman–Crippen MR) is 51.6 cm³/mol. The van der Waals surface area contributed by atoms with Gasteiger partial charge in [0.05, 0.1) is 6.61 Å². The zero-order chi connectivity index (χ0) is 11.5. The van der Waals surface area contributed by atoms with Crippen LogP contribution in [-0.2, 0) is 4.79 Å². The minimum absolute atomic E-state index is 0.116. The number of nitrogens with zero attached hydrogens (tertiary/aromatic N) is 1. The Morgan fingerprint density at radius 1 is 1.53 bits per heavy atom. The fourth-order valence-corrected chi connectivity index (χ4v) is 1.92. The molecule has 0 aromatic heterocycles. The van der Waals surface area contributed by atoms with Crippen LogP contribution in [0.4, 0.5) is 8.78 Å². The lowest BCUT2D eigenvalue weighted by molar-refractivity contribution is -0.155. The van der Waals surface area contributed by atoms with E-state index in [-0.39, 0.29) is 26.0 Å². The van der Waals surface area contributed by atoms with Gasteiger partial charge in [-0.15, -0.1) is 0 Å². The molecule has 1 atom stereocenters. The van der Waals surface area contributed by atoms with Gasteiger partial charge in [0.15, 0.2) is 0 Å². The second-order valence-electron chi connectivity index (χ2n) is 4.04. The third-order valence-corrected chi connectivity index (χ3v) is 2.87. The Balaban J connectivity index is 2.64. The Morgan fingerprint density at radius 2 is 2.20 bits per heavy atom. The lowest BCUT2D eigenvalue weighted by Gasteiger charge is -2.32. The summed E-state index contributed by atoms with van der Waals surface area (Å²) in [6.07, 6.45) is 1.22. The van der Waals surface area contributed by atoms with Gasteiger partial charge in [0.2, 0.25) is 5.91 Å². The van der Waals surface area contributed by atoms with Crippen molar-refractivity contribution in [2.75, 3.05) is 20.2 Å². The monoisotopic (exact) mass is 221 g/mol. The maximum atomic E-state index is 13.4. The Kier molecular flexibility index (Phi) is 4.02. The molecule has 1 fully saturated rings. The Labute approximate surface area is 88.1 Å². The summed E-state index contributed by atoms with van der Waals surface area (Å²) >= 11 is 0. The van der Waals surface area contributed by atoms with E-state index in [1.807, 2.05) is 0 Å². The van der Waals surface area contributed by atoms with Gasteiger partial charge in [-0.2, -0.15) is 0 Å². The normalized spacial score (nSPS) is 24.9. The van der Waals surface area contributed by atoms with E-state index in [4.69, 9.17) is 5.11 Å². The highest BCUT2D eigenvalue weighted by Crippen LogP contribution is 2.39. The van der Waals surface area contributed by atoms with Crippen molar-refractivity contribution in [2.24, 2.45) is 5.92 Å². The van der Waals surface area contributed by atoms with Crippen LogP contribution in [0.15, 0.2) is 0 Å². The molecule has 0 aromatic carbocycles. The Morgan fingerprint density at radius 3 is 2.73 bits per heavy atom. The van der Waals surface area contributed by atoms with Crippen molar-refractivity contribution in [3.63, 3.8) is 0 Å². The molecule has 1 N–H and O–H groups in total. The molecular weight excluding hydrogens is 204 g/mol. The minimum Gasteiger partial charge on any atom is -0.395 e. The average Bonchev–Trinajstić information content (AvgIpc) is 2.16. The zero-order valence-corrected chi connectivity index (χ0v) is 8.88. The van der Waals surface area contributed by atoms with Crippen LogP contribution < -0.4 is 0 Å². The van der Waals surface area contributed by atoms with Crippen molar-refractivity contribution in [1.82, 2.24) is 4.90 Å². The van der Waals surface area contributed by atoms with E-state index in [0.29, 0.717) is 12.8 Å². The number of carbonyl (C=O) groups is 1. The molecule has 15 heavy (non-hydrogen) atoms. The summed E-state index contributed by atoms with van der Waals surface area (Å²) in [6, 6.07) is 0. The molecule has 1 saturated carbocycles. The van der Waals surface area contributed by atoms with Crippen LogP contribution in [0.3, 0.4) is 0 Å². The van der Waals surface area contributed by atoms with Gasteiger partial charge in [0.25, 0.3) is 5.92 Å². The molecule has 0 bridgehead atoms. The molecule has 5 heteroatoms. The van der Waals surface area contributed by atoms with Gasteiger partial charge >= 0.3 is 0 Å². The quantitative estimate of drug-likeness (QED) is 0.779.